The second kappa shape index (κ2) is 4.41. The maximum atomic E-state index is 11.2. The van der Waals surface area contributed by atoms with Crippen molar-refractivity contribution in [1.29, 1.82) is 0 Å². The largest absolute Gasteiger partial charge is 1.00 e. The molecule has 0 spiro atoms. The molecular weight excluding hydrogens is 295 g/mol. The number of fused-ring (bicyclic) bond motifs is 1. The first-order valence-corrected chi connectivity index (χ1v) is 3.89. The van der Waals surface area contributed by atoms with Crippen molar-refractivity contribution < 1.29 is 38.5 Å². The molecule has 0 aliphatic heterocycles. The molecule has 1 aromatic heterocycles. The average Bonchev–Trinajstić information content (AvgIpc) is 2.60. The van der Waals surface area contributed by atoms with E-state index in [9.17, 15) is 4.79 Å². The number of para-hydroxylation sites is 2. The van der Waals surface area contributed by atoms with Gasteiger partial charge < -0.3 is 28.7 Å². The quantitative estimate of drug-likeness (QED) is 0.532. The number of rotatable bonds is 0. The number of methoxy groups -OCH3 is 1. The maximum Gasteiger partial charge on any atom is 0.511 e. The van der Waals surface area contributed by atoms with Crippen molar-refractivity contribution in [2.45, 2.75) is 0 Å². The fraction of sp³-hybridized carbons (Fsp3) is 0.111. The summed E-state index contributed by atoms with van der Waals surface area (Å²) >= 11 is 0. The van der Waals surface area contributed by atoms with Crippen LogP contribution in [-0.4, -0.2) is 17.8 Å². The Hall–Kier alpha value is -1.11. The number of benzene rings is 1. The molecule has 0 fully saturated rings. The maximum absolute atomic E-state index is 11.2. The van der Waals surface area contributed by atoms with Crippen molar-refractivity contribution in [1.82, 2.24) is 4.57 Å². The molecule has 0 saturated carbocycles. The van der Waals surface area contributed by atoms with Crippen molar-refractivity contribution in [3.63, 3.8) is 0 Å². The van der Waals surface area contributed by atoms with Crippen LogP contribution in [0.1, 0.15) is 0 Å². The molecule has 0 saturated heterocycles. The van der Waals surface area contributed by atoms with E-state index in [-0.39, 0.29) is 24.0 Å². The molecule has 74 valence electrons. The van der Waals surface area contributed by atoms with E-state index in [2.05, 4.69) is 9.72 Å². The molecule has 4 nitrogen and oxygen atoms in total. The van der Waals surface area contributed by atoms with Crippen LogP contribution < -0.4 is 29.0 Å². The zero-order valence-electron chi connectivity index (χ0n) is 7.53. The van der Waals surface area contributed by atoms with Crippen LogP contribution in [0.25, 0.3) is 11.0 Å². The van der Waals surface area contributed by atoms with Crippen LogP contribution in [-0.2, 0) is 4.74 Å². The van der Waals surface area contributed by atoms with Gasteiger partial charge in [0.05, 0.1) is 7.11 Å². The summed E-state index contributed by atoms with van der Waals surface area (Å²) in [6.07, 6.45) is 1.19. The van der Waals surface area contributed by atoms with Crippen LogP contribution in [0.3, 0.4) is 0 Å². The van der Waals surface area contributed by atoms with Crippen LogP contribution in [0.15, 0.2) is 30.6 Å². The molecule has 1 aromatic carbocycles. The topological polar surface area (TPSA) is 45.4 Å². The first-order valence-electron chi connectivity index (χ1n) is 3.89. The van der Waals surface area contributed by atoms with Gasteiger partial charge in [0.15, 0.2) is 11.0 Å². The normalized spacial score (nSPS) is 9.50. The van der Waals surface area contributed by atoms with Gasteiger partial charge >= 0.3 is 6.09 Å². The Balaban J connectivity index is 0.000000980. The number of aromatic amines is 1. The summed E-state index contributed by atoms with van der Waals surface area (Å²) in [5.74, 6) is 0. The molecular formula is C9H9IN2O2. The van der Waals surface area contributed by atoms with Gasteiger partial charge in [-0.1, -0.05) is 12.1 Å². The Morgan fingerprint density at radius 3 is 2.86 bits per heavy atom. The number of ether oxygens (including phenoxy) is 1. The third kappa shape index (κ3) is 1.72. The lowest BCUT2D eigenvalue weighted by Crippen LogP contribution is -3.00. The van der Waals surface area contributed by atoms with Crippen molar-refractivity contribution in [3.05, 3.63) is 30.6 Å². The molecule has 1 N–H and O–H groups in total. The molecule has 0 aliphatic carbocycles. The Kier molecular flexibility index (Phi) is 3.45. The van der Waals surface area contributed by atoms with Crippen LogP contribution in [0.5, 0.6) is 0 Å². The number of carbonyl (C=O) groups excluding carboxylic acids is 1. The highest BCUT2D eigenvalue weighted by Gasteiger charge is 2.16. The Labute approximate surface area is 97.9 Å². The molecule has 0 amide bonds. The molecule has 0 aliphatic rings. The van der Waals surface area contributed by atoms with Gasteiger partial charge in [-0.15, -0.1) is 4.57 Å². The fourth-order valence-electron chi connectivity index (χ4n) is 1.26. The molecule has 1 heterocycles. The highest BCUT2D eigenvalue weighted by atomic mass is 127. The summed E-state index contributed by atoms with van der Waals surface area (Å²) in [6.45, 7) is 0. The number of hydrogen-bond donors (Lipinski definition) is 0. The van der Waals surface area contributed by atoms with Gasteiger partial charge in [-0.3, -0.25) is 0 Å². The van der Waals surface area contributed by atoms with Crippen LogP contribution >= 0.6 is 0 Å². The van der Waals surface area contributed by atoms with E-state index >= 15 is 0 Å². The van der Waals surface area contributed by atoms with Gasteiger partial charge in [-0.05, 0) is 12.1 Å². The third-order valence-corrected chi connectivity index (χ3v) is 1.88. The van der Waals surface area contributed by atoms with Crippen LogP contribution in [0, 0.1) is 0 Å². The molecule has 0 bridgehead atoms. The van der Waals surface area contributed by atoms with Gasteiger partial charge in [0.2, 0.25) is 0 Å². The van der Waals surface area contributed by atoms with E-state index in [1.807, 2.05) is 24.3 Å². The minimum absolute atomic E-state index is 0. The Bertz CT molecular complexity index is 453. The van der Waals surface area contributed by atoms with Gasteiger partial charge in [0.25, 0.3) is 6.33 Å². The van der Waals surface area contributed by atoms with E-state index in [0.717, 1.165) is 11.0 Å². The highest BCUT2D eigenvalue weighted by Crippen LogP contribution is 2.08. The molecule has 2 aromatic rings. The molecule has 0 unspecified atom stereocenters. The van der Waals surface area contributed by atoms with Crippen molar-refractivity contribution in [2.24, 2.45) is 0 Å². The Morgan fingerprint density at radius 2 is 2.14 bits per heavy atom. The number of halogens is 1. The molecule has 0 radical (unpaired) electrons. The van der Waals surface area contributed by atoms with Crippen molar-refractivity contribution in [3.8, 4) is 0 Å². The number of imidazole rings is 1. The zero-order chi connectivity index (χ0) is 9.26. The van der Waals surface area contributed by atoms with Crippen LogP contribution in [0.4, 0.5) is 4.79 Å². The van der Waals surface area contributed by atoms with Gasteiger partial charge in [-0.2, -0.15) is 4.79 Å². The second-order valence-electron chi connectivity index (χ2n) is 2.63. The molecule has 0 atom stereocenters. The zero-order valence-corrected chi connectivity index (χ0v) is 9.69. The van der Waals surface area contributed by atoms with E-state index in [1.165, 1.54) is 11.7 Å². The SMILES string of the molecule is COC(=O)n1c[nH+]c2ccccc21.[I-]. The second-order valence-corrected chi connectivity index (χ2v) is 2.63. The summed E-state index contributed by atoms with van der Waals surface area (Å²) in [5.41, 5.74) is 1.72. The van der Waals surface area contributed by atoms with Gasteiger partial charge in [0, 0.05) is 0 Å². The standard InChI is InChI=1S/C9H8N2O2.HI/c1-13-9(12)11-6-10-7-4-2-3-5-8(7)11;/h2-6H,1H3;1H. The minimum Gasteiger partial charge on any atom is -1.00 e. The first-order chi connectivity index (χ1) is 6.33. The van der Waals surface area contributed by atoms with E-state index < -0.39 is 6.09 Å². The van der Waals surface area contributed by atoms with Crippen molar-refractivity contribution >= 4 is 17.1 Å². The summed E-state index contributed by atoms with van der Waals surface area (Å²) in [5, 5.41) is 0. The van der Waals surface area contributed by atoms with E-state index in [0.29, 0.717) is 0 Å². The average molecular weight is 304 g/mol. The summed E-state index contributed by atoms with van der Waals surface area (Å²) in [4.78, 5) is 14.2. The van der Waals surface area contributed by atoms with E-state index in [1.54, 1.807) is 6.33 Å². The number of carbonyl (C=O) groups is 1. The van der Waals surface area contributed by atoms with Crippen LogP contribution in [0.2, 0.25) is 0 Å². The molecule has 2 rings (SSSR count). The van der Waals surface area contributed by atoms with E-state index in [4.69, 9.17) is 0 Å². The lowest BCUT2D eigenvalue weighted by molar-refractivity contribution is -0.345. The predicted molar refractivity (Wildman–Crippen MR) is 46.3 cm³/mol. The lowest BCUT2D eigenvalue weighted by atomic mass is 10.3. The number of nitrogens with zero attached hydrogens (tertiary/aromatic N) is 1. The molecule has 14 heavy (non-hydrogen) atoms. The van der Waals surface area contributed by atoms with Crippen molar-refractivity contribution in [2.75, 3.05) is 7.11 Å². The third-order valence-electron chi connectivity index (χ3n) is 1.88. The number of aromatic nitrogens is 2. The monoisotopic (exact) mass is 304 g/mol. The fourth-order valence-corrected chi connectivity index (χ4v) is 1.26. The summed E-state index contributed by atoms with van der Waals surface area (Å²) < 4.78 is 6.03. The highest BCUT2D eigenvalue weighted by molar-refractivity contribution is 5.84. The Morgan fingerprint density at radius 1 is 1.43 bits per heavy atom. The first kappa shape index (κ1) is 11.0. The smallest absolute Gasteiger partial charge is 0.511 e. The number of hydrogen-bond acceptors (Lipinski definition) is 2. The van der Waals surface area contributed by atoms with Gasteiger partial charge in [0.1, 0.15) is 0 Å². The number of nitrogens with one attached hydrogen (secondary N) is 1. The van der Waals surface area contributed by atoms with Gasteiger partial charge in [-0.25, -0.2) is 4.98 Å². The minimum atomic E-state index is -0.391. The lowest BCUT2D eigenvalue weighted by Gasteiger charge is -1.91. The molecule has 5 heteroatoms. The summed E-state index contributed by atoms with van der Waals surface area (Å²) in [7, 11) is 1.36. The number of H-pyrrole nitrogens is 1. The predicted octanol–water partition coefficient (Wildman–Crippen LogP) is -1.93. The summed E-state index contributed by atoms with van der Waals surface area (Å²) in [6, 6.07) is 7.52.